The van der Waals surface area contributed by atoms with Crippen molar-refractivity contribution in [3.63, 3.8) is 0 Å². The first-order valence-corrected chi connectivity index (χ1v) is 7.82. The molecule has 6 heteroatoms. The smallest absolute Gasteiger partial charge is 0.259 e. The molecule has 1 aromatic heterocycles. The first kappa shape index (κ1) is 15.7. The van der Waals surface area contributed by atoms with Gasteiger partial charge in [-0.15, -0.1) is 0 Å². The van der Waals surface area contributed by atoms with Crippen LogP contribution < -0.4 is 14.8 Å². The molecule has 3 rings (SSSR count). The van der Waals surface area contributed by atoms with Crippen LogP contribution in [0.5, 0.6) is 11.5 Å². The average molecular weight is 336 g/mol. The quantitative estimate of drug-likeness (QED) is 0.890. The van der Waals surface area contributed by atoms with E-state index < -0.39 is 0 Å². The number of fused-ring (bicyclic) bond motifs is 1. The van der Waals surface area contributed by atoms with Crippen molar-refractivity contribution in [3.8, 4) is 11.5 Å². The van der Waals surface area contributed by atoms with Crippen LogP contribution in [0, 0.1) is 20.8 Å². The fourth-order valence-corrected chi connectivity index (χ4v) is 2.79. The Labute approximate surface area is 139 Å². The number of hydrogen-bond donors (Lipinski definition) is 1. The molecule has 122 valence electrons. The van der Waals surface area contributed by atoms with Gasteiger partial charge in [0.25, 0.3) is 5.91 Å². The normalized spacial score (nSPS) is 13.6. The van der Waals surface area contributed by atoms with Crippen molar-refractivity contribution in [1.82, 2.24) is 0 Å². The van der Waals surface area contributed by atoms with Crippen LogP contribution in [-0.4, -0.2) is 19.1 Å². The van der Waals surface area contributed by atoms with Gasteiger partial charge in [-0.1, -0.05) is 11.6 Å². The molecule has 1 N–H and O–H groups in total. The summed E-state index contributed by atoms with van der Waals surface area (Å²) >= 11 is 6.26. The fourth-order valence-electron chi connectivity index (χ4n) is 2.59. The number of anilines is 1. The molecule has 0 fully saturated rings. The maximum Gasteiger partial charge on any atom is 0.259 e. The molecule has 0 aliphatic carbocycles. The molecule has 0 atom stereocenters. The Kier molecular flexibility index (Phi) is 4.22. The SMILES string of the molecule is Cc1oc(C)c(C(=O)Nc2cc3c(cc2Cl)OCCCO3)c1C. The molecule has 0 saturated carbocycles. The van der Waals surface area contributed by atoms with E-state index in [1.165, 1.54) is 0 Å². The molecule has 1 aromatic carbocycles. The number of rotatable bonds is 2. The van der Waals surface area contributed by atoms with Crippen LogP contribution in [0.4, 0.5) is 5.69 Å². The van der Waals surface area contributed by atoms with Gasteiger partial charge in [0.15, 0.2) is 11.5 Å². The van der Waals surface area contributed by atoms with E-state index in [1.54, 1.807) is 19.1 Å². The summed E-state index contributed by atoms with van der Waals surface area (Å²) in [7, 11) is 0. The Morgan fingerprint density at radius 2 is 1.74 bits per heavy atom. The minimum Gasteiger partial charge on any atom is -0.490 e. The van der Waals surface area contributed by atoms with Crippen LogP contribution in [0.3, 0.4) is 0 Å². The Balaban J connectivity index is 1.90. The predicted molar refractivity (Wildman–Crippen MR) is 87.9 cm³/mol. The van der Waals surface area contributed by atoms with Crippen molar-refractivity contribution in [2.24, 2.45) is 0 Å². The van der Waals surface area contributed by atoms with E-state index in [0.717, 1.165) is 17.7 Å². The van der Waals surface area contributed by atoms with E-state index in [-0.39, 0.29) is 5.91 Å². The monoisotopic (exact) mass is 335 g/mol. The van der Waals surface area contributed by atoms with Gasteiger partial charge in [0.2, 0.25) is 0 Å². The number of hydrogen-bond acceptors (Lipinski definition) is 4. The Morgan fingerprint density at radius 1 is 1.09 bits per heavy atom. The van der Waals surface area contributed by atoms with Crippen molar-refractivity contribution in [3.05, 3.63) is 39.8 Å². The number of furan rings is 1. The van der Waals surface area contributed by atoms with Crippen LogP contribution in [0.2, 0.25) is 5.02 Å². The summed E-state index contributed by atoms with van der Waals surface area (Å²) in [5, 5.41) is 3.23. The summed E-state index contributed by atoms with van der Waals surface area (Å²) < 4.78 is 16.7. The molecule has 5 nitrogen and oxygen atoms in total. The Morgan fingerprint density at radius 3 is 2.35 bits per heavy atom. The lowest BCUT2D eigenvalue weighted by Gasteiger charge is -2.12. The number of carbonyl (C=O) groups excluding carboxylic acids is 1. The van der Waals surface area contributed by atoms with Gasteiger partial charge in [-0.3, -0.25) is 4.79 Å². The average Bonchev–Trinajstić information content (AvgIpc) is 2.66. The summed E-state index contributed by atoms with van der Waals surface area (Å²) in [6.45, 7) is 6.61. The number of carbonyl (C=O) groups is 1. The van der Waals surface area contributed by atoms with Crippen molar-refractivity contribution in [1.29, 1.82) is 0 Å². The molecule has 0 spiro atoms. The summed E-state index contributed by atoms with van der Waals surface area (Å²) in [6.07, 6.45) is 0.806. The molecule has 0 unspecified atom stereocenters. The highest BCUT2D eigenvalue weighted by Crippen LogP contribution is 2.38. The minimum atomic E-state index is -0.256. The Bertz CT molecular complexity index is 766. The highest BCUT2D eigenvalue weighted by Gasteiger charge is 2.21. The van der Waals surface area contributed by atoms with Crippen LogP contribution in [-0.2, 0) is 0 Å². The van der Waals surface area contributed by atoms with E-state index in [4.69, 9.17) is 25.5 Å². The number of nitrogens with one attached hydrogen (secondary N) is 1. The zero-order valence-corrected chi connectivity index (χ0v) is 14.0. The number of benzene rings is 1. The number of amides is 1. The van der Waals surface area contributed by atoms with Gasteiger partial charge in [-0.05, 0) is 20.8 Å². The van der Waals surface area contributed by atoms with E-state index in [2.05, 4.69) is 5.32 Å². The third-order valence-corrected chi connectivity index (χ3v) is 4.19. The van der Waals surface area contributed by atoms with Gasteiger partial charge in [0.1, 0.15) is 11.5 Å². The van der Waals surface area contributed by atoms with E-state index in [9.17, 15) is 4.79 Å². The summed E-state index contributed by atoms with van der Waals surface area (Å²) in [6, 6.07) is 3.36. The molecular formula is C17H18ClNO4. The van der Waals surface area contributed by atoms with Gasteiger partial charge in [-0.25, -0.2) is 0 Å². The first-order valence-electron chi connectivity index (χ1n) is 7.44. The van der Waals surface area contributed by atoms with Gasteiger partial charge in [-0.2, -0.15) is 0 Å². The zero-order chi connectivity index (χ0) is 16.6. The van der Waals surface area contributed by atoms with Gasteiger partial charge in [0, 0.05) is 24.1 Å². The number of halogens is 1. The highest BCUT2D eigenvalue weighted by atomic mass is 35.5. The molecule has 1 aliphatic heterocycles. The second kappa shape index (κ2) is 6.16. The number of aryl methyl sites for hydroxylation is 2. The molecule has 0 radical (unpaired) electrons. The standard InChI is InChI=1S/C17H18ClNO4/c1-9-10(2)23-11(3)16(9)17(20)19-13-8-15-14(7-12(13)18)21-5-4-6-22-15/h7-8H,4-6H2,1-3H3,(H,19,20). The van der Waals surface area contributed by atoms with Crippen LogP contribution in [0.1, 0.15) is 33.9 Å². The summed E-state index contributed by atoms with van der Waals surface area (Å²) in [5.74, 6) is 2.24. The molecule has 23 heavy (non-hydrogen) atoms. The largest absolute Gasteiger partial charge is 0.490 e. The second-order valence-electron chi connectivity index (χ2n) is 5.50. The predicted octanol–water partition coefficient (Wildman–Crippen LogP) is 4.27. The second-order valence-corrected chi connectivity index (χ2v) is 5.91. The maximum atomic E-state index is 12.6. The first-order chi connectivity index (χ1) is 11.0. The molecule has 0 saturated heterocycles. The van der Waals surface area contributed by atoms with E-state index >= 15 is 0 Å². The molecule has 2 heterocycles. The van der Waals surface area contributed by atoms with Crippen molar-refractivity contribution < 1.29 is 18.7 Å². The fraction of sp³-hybridized carbons (Fsp3) is 0.353. The molecule has 2 aromatic rings. The molecule has 0 bridgehead atoms. The Hall–Kier alpha value is -2.14. The number of ether oxygens (including phenoxy) is 2. The maximum absolute atomic E-state index is 12.6. The van der Waals surface area contributed by atoms with Gasteiger partial charge >= 0.3 is 0 Å². The molecular weight excluding hydrogens is 318 g/mol. The van der Waals surface area contributed by atoms with Crippen molar-refractivity contribution >= 4 is 23.2 Å². The minimum absolute atomic E-state index is 0.256. The lowest BCUT2D eigenvalue weighted by Crippen LogP contribution is -2.14. The lowest BCUT2D eigenvalue weighted by atomic mass is 10.1. The van der Waals surface area contributed by atoms with Crippen LogP contribution >= 0.6 is 11.6 Å². The van der Waals surface area contributed by atoms with Crippen LogP contribution in [0.15, 0.2) is 16.5 Å². The zero-order valence-electron chi connectivity index (χ0n) is 13.3. The van der Waals surface area contributed by atoms with Crippen molar-refractivity contribution in [2.45, 2.75) is 27.2 Å². The highest BCUT2D eigenvalue weighted by molar-refractivity contribution is 6.34. The molecule has 1 aliphatic rings. The molecule has 1 amide bonds. The topological polar surface area (TPSA) is 60.7 Å². The third kappa shape index (κ3) is 3.01. The van der Waals surface area contributed by atoms with Gasteiger partial charge < -0.3 is 19.2 Å². The summed E-state index contributed by atoms with van der Waals surface area (Å²) in [5.41, 5.74) is 1.84. The van der Waals surface area contributed by atoms with E-state index in [1.807, 2.05) is 13.8 Å². The summed E-state index contributed by atoms with van der Waals surface area (Å²) in [4.78, 5) is 12.6. The van der Waals surface area contributed by atoms with Crippen molar-refractivity contribution in [2.75, 3.05) is 18.5 Å². The van der Waals surface area contributed by atoms with Crippen LogP contribution in [0.25, 0.3) is 0 Å². The van der Waals surface area contributed by atoms with Gasteiger partial charge in [0.05, 0.1) is 29.5 Å². The lowest BCUT2D eigenvalue weighted by molar-refractivity contribution is 0.102. The third-order valence-electron chi connectivity index (χ3n) is 3.87. The van der Waals surface area contributed by atoms with E-state index in [0.29, 0.717) is 46.7 Å².